The number of nitro groups is 1. The predicted molar refractivity (Wildman–Crippen MR) is 78.9 cm³/mol. The number of rotatable bonds is 5. The third kappa shape index (κ3) is 3.08. The normalized spacial score (nSPS) is 10.2. The molecule has 0 saturated carbocycles. The fourth-order valence-electron chi connectivity index (χ4n) is 2.18. The smallest absolute Gasteiger partial charge is 0.311 e. The molecule has 0 radical (unpaired) electrons. The van der Waals surface area contributed by atoms with Gasteiger partial charge >= 0.3 is 5.69 Å². The van der Waals surface area contributed by atoms with Crippen molar-refractivity contribution in [3.05, 3.63) is 69.3 Å². The van der Waals surface area contributed by atoms with Crippen molar-refractivity contribution < 1.29 is 14.5 Å². The lowest BCUT2D eigenvalue weighted by atomic mass is 9.98. The van der Waals surface area contributed by atoms with Crippen molar-refractivity contribution in [2.45, 2.75) is 13.3 Å². The summed E-state index contributed by atoms with van der Waals surface area (Å²) in [5.41, 5.74) is 1.94. The second-order valence-electron chi connectivity index (χ2n) is 4.64. The molecule has 0 fully saturated rings. The van der Waals surface area contributed by atoms with Gasteiger partial charge in [-0.3, -0.25) is 14.9 Å². The highest BCUT2D eigenvalue weighted by atomic mass is 16.6. The van der Waals surface area contributed by atoms with E-state index in [-0.39, 0.29) is 29.2 Å². The molecule has 0 aliphatic rings. The Hall–Kier alpha value is -2.69. The van der Waals surface area contributed by atoms with Crippen LogP contribution in [0, 0.1) is 17.0 Å². The van der Waals surface area contributed by atoms with Gasteiger partial charge in [0, 0.05) is 12.5 Å². The molecule has 0 aliphatic heterocycles. The van der Waals surface area contributed by atoms with E-state index in [4.69, 9.17) is 4.74 Å². The van der Waals surface area contributed by atoms with Crippen LogP contribution >= 0.6 is 0 Å². The molecule has 0 N–H and O–H groups in total. The molecule has 0 heterocycles. The Bertz CT molecular complexity index is 694. The minimum Gasteiger partial charge on any atom is -0.490 e. The second-order valence-corrected chi connectivity index (χ2v) is 4.64. The molecule has 2 aromatic rings. The molecule has 5 heteroatoms. The van der Waals surface area contributed by atoms with Gasteiger partial charge in [-0.2, -0.15) is 0 Å². The monoisotopic (exact) mass is 285 g/mol. The molecular formula is C16H15NO4. The quantitative estimate of drug-likeness (QED) is 0.480. The Balaban J connectivity index is 2.38. The Kier molecular flexibility index (Phi) is 4.33. The second kappa shape index (κ2) is 6.17. The first-order valence-corrected chi connectivity index (χ1v) is 6.43. The van der Waals surface area contributed by atoms with E-state index in [0.29, 0.717) is 0 Å². The van der Waals surface area contributed by atoms with Crippen molar-refractivity contribution in [3.63, 3.8) is 0 Å². The summed E-state index contributed by atoms with van der Waals surface area (Å²) in [6.07, 6.45) is 0.185. The fourth-order valence-corrected chi connectivity index (χ4v) is 2.18. The fraction of sp³-hybridized carbons (Fsp3) is 0.188. The van der Waals surface area contributed by atoms with Crippen LogP contribution in [-0.2, 0) is 6.42 Å². The first-order valence-electron chi connectivity index (χ1n) is 6.43. The van der Waals surface area contributed by atoms with Crippen LogP contribution in [0.4, 0.5) is 5.69 Å². The van der Waals surface area contributed by atoms with Crippen LogP contribution in [0.2, 0.25) is 0 Å². The molecule has 0 atom stereocenters. The zero-order valence-corrected chi connectivity index (χ0v) is 11.8. The Morgan fingerprint density at radius 2 is 1.90 bits per heavy atom. The van der Waals surface area contributed by atoms with Crippen LogP contribution in [0.25, 0.3) is 0 Å². The topological polar surface area (TPSA) is 69.4 Å². The van der Waals surface area contributed by atoms with Crippen LogP contribution in [-0.4, -0.2) is 17.8 Å². The number of methoxy groups -OCH3 is 1. The first-order chi connectivity index (χ1) is 10.0. The lowest BCUT2D eigenvalue weighted by molar-refractivity contribution is -0.385. The van der Waals surface area contributed by atoms with Crippen LogP contribution in [0.1, 0.15) is 21.5 Å². The molecule has 5 nitrogen and oxygen atoms in total. The Labute approximate surface area is 122 Å². The molecule has 0 saturated heterocycles. The van der Waals surface area contributed by atoms with Crippen LogP contribution in [0.3, 0.4) is 0 Å². The van der Waals surface area contributed by atoms with E-state index in [1.54, 1.807) is 6.07 Å². The van der Waals surface area contributed by atoms with Crippen molar-refractivity contribution in [3.8, 4) is 5.75 Å². The van der Waals surface area contributed by atoms with E-state index in [0.717, 1.165) is 11.1 Å². The van der Waals surface area contributed by atoms with Crippen molar-refractivity contribution in [2.75, 3.05) is 7.11 Å². The lowest BCUT2D eigenvalue weighted by Crippen LogP contribution is -2.08. The van der Waals surface area contributed by atoms with Gasteiger partial charge in [0.2, 0.25) is 5.75 Å². The average molecular weight is 285 g/mol. The highest BCUT2D eigenvalue weighted by molar-refractivity contribution is 6.01. The van der Waals surface area contributed by atoms with Crippen LogP contribution in [0.5, 0.6) is 5.75 Å². The van der Waals surface area contributed by atoms with Gasteiger partial charge in [-0.05, 0) is 24.1 Å². The van der Waals surface area contributed by atoms with Crippen molar-refractivity contribution in [2.24, 2.45) is 0 Å². The average Bonchev–Trinajstić information content (AvgIpc) is 2.48. The Morgan fingerprint density at radius 1 is 1.19 bits per heavy atom. The highest BCUT2D eigenvalue weighted by Crippen LogP contribution is 2.31. The van der Waals surface area contributed by atoms with E-state index in [2.05, 4.69) is 0 Å². The molecule has 0 aliphatic carbocycles. The summed E-state index contributed by atoms with van der Waals surface area (Å²) in [5.74, 6) is -0.189. The van der Waals surface area contributed by atoms with Gasteiger partial charge in [-0.15, -0.1) is 0 Å². The van der Waals surface area contributed by atoms with Crippen LogP contribution in [0.15, 0.2) is 42.5 Å². The highest BCUT2D eigenvalue weighted by Gasteiger charge is 2.22. The molecule has 0 amide bonds. The molecule has 0 unspecified atom stereocenters. The zero-order valence-electron chi connectivity index (χ0n) is 11.8. The zero-order chi connectivity index (χ0) is 15.4. The molecule has 0 bridgehead atoms. The number of para-hydroxylation sites is 1. The van der Waals surface area contributed by atoms with E-state index >= 15 is 0 Å². The third-order valence-corrected chi connectivity index (χ3v) is 3.31. The van der Waals surface area contributed by atoms with Gasteiger partial charge in [0.15, 0.2) is 5.78 Å². The first kappa shape index (κ1) is 14.7. The van der Waals surface area contributed by atoms with Crippen molar-refractivity contribution in [1.29, 1.82) is 0 Å². The number of carbonyl (C=O) groups excluding carboxylic acids is 1. The van der Waals surface area contributed by atoms with Gasteiger partial charge < -0.3 is 4.74 Å². The van der Waals surface area contributed by atoms with E-state index in [1.807, 2.05) is 31.2 Å². The Morgan fingerprint density at radius 3 is 2.52 bits per heavy atom. The maximum absolute atomic E-state index is 12.4. The number of nitrogens with zero attached hydrogens (tertiary/aromatic N) is 1. The van der Waals surface area contributed by atoms with Gasteiger partial charge in [-0.25, -0.2) is 0 Å². The summed E-state index contributed by atoms with van der Waals surface area (Å²) in [7, 11) is 1.33. The van der Waals surface area contributed by atoms with E-state index < -0.39 is 4.92 Å². The lowest BCUT2D eigenvalue weighted by Gasteiger charge is -2.09. The van der Waals surface area contributed by atoms with Gasteiger partial charge in [0.1, 0.15) is 0 Å². The van der Waals surface area contributed by atoms with Crippen LogP contribution < -0.4 is 4.74 Å². The third-order valence-electron chi connectivity index (χ3n) is 3.31. The molecule has 0 spiro atoms. The van der Waals surface area contributed by atoms with Gasteiger partial charge in [0.05, 0.1) is 17.6 Å². The van der Waals surface area contributed by atoms with E-state index in [9.17, 15) is 14.9 Å². The number of Topliss-reactive ketones (excluding diaryl/α,β-unsaturated/α-hetero) is 1. The number of aryl methyl sites for hydroxylation is 1. The number of ether oxygens (including phenoxy) is 1. The summed E-state index contributed by atoms with van der Waals surface area (Å²) in [6.45, 7) is 1.92. The largest absolute Gasteiger partial charge is 0.490 e. The van der Waals surface area contributed by atoms with E-state index in [1.165, 1.54) is 19.2 Å². The molecular weight excluding hydrogens is 270 g/mol. The number of carbonyl (C=O) groups is 1. The molecule has 2 rings (SSSR count). The number of nitro benzene ring substituents is 1. The molecule has 2 aromatic carbocycles. The SMILES string of the molecule is COc1c(C(=O)Cc2ccccc2C)cccc1[N+](=O)[O-]. The number of hydrogen-bond donors (Lipinski definition) is 0. The van der Waals surface area contributed by atoms with Gasteiger partial charge in [-0.1, -0.05) is 30.3 Å². The predicted octanol–water partition coefficient (Wildman–Crippen LogP) is 3.34. The summed E-state index contributed by atoms with van der Waals surface area (Å²) in [6, 6.07) is 11.9. The van der Waals surface area contributed by atoms with Gasteiger partial charge in [0.25, 0.3) is 0 Å². The molecule has 108 valence electrons. The van der Waals surface area contributed by atoms with Crippen molar-refractivity contribution >= 4 is 11.5 Å². The summed E-state index contributed by atoms with van der Waals surface area (Å²) in [5, 5.41) is 11.0. The number of benzene rings is 2. The molecule has 0 aromatic heterocycles. The maximum atomic E-state index is 12.4. The maximum Gasteiger partial charge on any atom is 0.311 e. The number of hydrogen-bond acceptors (Lipinski definition) is 4. The van der Waals surface area contributed by atoms with Crippen molar-refractivity contribution in [1.82, 2.24) is 0 Å². The summed E-state index contributed by atoms with van der Waals surface area (Å²) < 4.78 is 5.06. The minimum atomic E-state index is -0.552. The summed E-state index contributed by atoms with van der Waals surface area (Å²) >= 11 is 0. The standard InChI is InChI=1S/C16H15NO4/c1-11-6-3-4-7-12(11)10-15(18)13-8-5-9-14(17(19)20)16(13)21-2/h3-9H,10H2,1-2H3. The minimum absolute atomic E-state index is 0.0149. The number of ketones is 1. The summed E-state index contributed by atoms with van der Waals surface area (Å²) in [4.78, 5) is 22.8. The molecule has 21 heavy (non-hydrogen) atoms.